The summed E-state index contributed by atoms with van der Waals surface area (Å²) in [5, 5.41) is 0.455. The molecule has 3 nitrogen and oxygen atoms in total. The summed E-state index contributed by atoms with van der Waals surface area (Å²) in [5.41, 5.74) is -2.06. The standard InChI is InChI=1S/C24H15ClF6N2OS/c1-13-7-8-18(25)20-19(13)32-22(35-20)33(12-14-5-3-2-4-6-14)21(34)15-9-16(23(26,27)28)11-17(10-15)24(29,30)31/h2-11H,12H2,1H3. The molecule has 0 spiro atoms. The highest BCUT2D eigenvalue weighted by atomic mass is 35.5. The summed E-state index contributed by atoms with van der Waals surface area (Å²) in [6.45, 7) is 1.64. The van der Waals surface area contributed by atoms with Gasteiger partial charge in [0.2, 0.25) is 0 Å². The van der Waals surface area contributed by atoms with Gasteiger partial charge < -0.3 is 0 Å². The summed E-state index contributed by atoms with van der Waals surface area (Å²) in [4.78, 5) is 19.0. The molecule has 1 heterocycles. The third-order valence-corrected chi connectivity index (χ3v) is 6.72. The summed E-state index contributed by atoms with van der Waals surface area (Å²) in [6.07, 6.45) is -10.2. The van der Waals surface area contributed by atoms with E-state index in [2.05, 4.69) is 4.98 Å². The SMILES string of the molecule is Cc1ccc(Cl)c2sc(N(Cc3ccccc3)C(=O)c3cc(C(F)(F)F)cc(C(F)(F)F)c3)nc12. The van der Waals surface area contributed by atoms with Gasteiger partial charge >= 0.3 is 12.4 Å². The summed E-state index contributed by atoms with van der Waals surface area (Å²) in [6, 6.07) is 12.7. The molecule has 0 radical (unpaired) electrons. The van der Waals surface area contributed by atoms with Gasteiger partial charge in [-0.1, -0.05) is 59.3 Å². The average Bonchev–Trinajstić information content (AvgIpc) is 3.25. The van der Waals surface area contributed by atoms with E-state index in [0.29, 0.717) is 32.9 Å². The molecule has 1 aromatic heterocycles. The number of hydrogen-bond donors (Lipinski definition) is 0. The van der Waals surface area contributed by atoms with Crippen molar-refractivity contribution >= 4 is 44.2 Å². The molecule has 35 heavy (non-hydrogen) atoms. The molecule has 0 saturated heterocycles. The van der Waals surface area contributed by atoms with Crippen LogP contribution in [0.25, 0.3) is 10.2 Å². The highest BCUT2D eigenvalue weighted by Gasteiger charge is 2.38. The molecule has 1 amide bonds. The van der Waals surface area contributed by atoms with E-state index in [4.69, 9.17) is 11.6 Å². The van der Waals surface area contributed by atoms with Crippen molar-refractivity contribution in [1.29, 1.82) is 0 Å². The van der Waals surface area contributed by atoms with Crippen LogP contribution in [0.3, 0.4) is 0 Å². The maximum absolute atomic E-state index is 13.5. The fraction of sp³-hybridized carbons (Fsp3) is 0.167. The lowest BCUT2D eigenvalue weighted by Gasteiger charge is -2.21. The van der Waals surface area contributed by atoms with E-state index < -0.39 is 35.0 Å². The van der Waals surface area contributed by atoms with Gasteiger partial charge in [0.25, 0.3) is 5.91 Å². The first-order chi connectivity index (χ1) is 16.3. The number of anilines is 1. The van der Waals surface area contributed by atoms with Crippen LogP contribution in [-0.2, 0) is 18.9 Å². The molecule has 0 saturated carbocycles. The van der Waals surface area contributed by atoms with Gasteiger partial charge in [0, 0.05) is 5.56 Å². The molecular formula is C24H15ClF6N2OS. The second kappa shape index (κ2) is 9.16. The Labute approximate surface area is 204 Å². The van der Waals surface area contributed by atoms with Crippen LogP contribution >= 0.6 is 22.9 Å². The third kappa shape index (κ3) is 5.28. The van der Waals surface area contributed by atoms with E-state index in [1.165, 1.54) is 0 Å². The first-order valence-corrected chi connectivity index (χ1v) is 11.2. The van der Waals surface area contributed by atoms with Gasteiger partial charge in [-0.25, -0.2) is 4.98 Å². The summed E-state index contributed by atoms with van der Waals surface area (Å²) in [7, 11) is 0. The number of rotatable bonds is 4. The Kier molecular flexibility index (Phi) is 6.54. The number of carbonyl (C=O) groups excluding carboxylic acids is 1. The van der Waals surface area contributed by atoms with Gasteiger partial charge in [-0.15, -0.1) is 0 Å². The largest absolute Gasteiger partial charge is 0.416 e. The van der Waals surface area contributed by atoms with Crippen LogP contribution in [0.2, 0.25) is 5.02 Å². The lowest BCUT2D eigenvalue weighted by molar-refractivity contribution is -0.143. The summed E-state index contributed by atoms with van der Waals surface area (Å²) >= 11 is 7.29. The zero-order valence-electron chi connectivity index (χ0n) is 17.8. The van der Waals surface area contributed by atoms with Crippen molar-refractivity contribution < 1.29 is 31.1 Å². The molecule has 4 rings (SSSR count). The highest BCUT2D eigenvalue weighted by molar-refractivity contribution is 7.23. The second-order valence-electron chi connectivity index (χ2n) is 7.71. The maximum atomic E-state index is 13.5. The second-order valence-corrected chi connectivity index (χ2v) is 9.09. The van der Waals surface area contributed by atoms with Crippen LogP contribution in [0.15, 0.2) is 60.7 Å². The van der Waals surface area contributed by atoms with Crippen LogP contribution in [0.4, 0.5) is 31.5 Å². The minimum absolute atomic E-state index is 0.0147. The first-order valence-electron chi connectivity index (χ1n) is 10.1. The topological polar surface area (TPSA) is 33.2 Å². The Morgan fingerprint density at radius 1 is 0.943 bits per heavy atom. The van der Waals surface area contributed by atoms with Crippen LogP contribution in [0, 0.1) is 6.92 Å². The number of aryl methyl sites for hydroxylation is 1. The van der Waals surface area contributed by atoms with Gasteiger partial charge in [-0.3, -0.25) is 9.69 Å². The van der Waals surface area contributed by atoms with Crippen molar-refractivity contribution in [3.63, 3.8) is 0 Å². The zero-order chi connectivity index (χ0) is 25.5. The van der Waals surface area contributed by atoms with E-state index in [9.17, 15) is 31.1 Å². The molecule has 0 aliphatic rings. The van der Waals surface area contributed by atoms with Crippen molar-refractivity contribution in [3.8, 4) is 0 Å². The van der Waals surface area contributed by atoms with Crippen LogP contribution in [-0.4, -0.2) is 10.9 Å². The number of amides is 1. The van der Waals surface area contributed by atoms with E-state index in [0.717, 1.165) is 21.8 Å². The molecule has 4 aromatic rings. The van der Waals surface area contributed by atoms with E-state index in [-0.39, 0.29) is 17.7 Å². The number of fused-ring (bicyclic) bond motifs is 1. The Hall–Kier alpha value is -3.11. The zero-order valence-corrected chi connectivity index (χ0v) is 19.4. The van der Waals surface area contributed by atoms with Crippen LogP contribution < -0.4 is 4.90 Å². The number of thiazole rings is 1. The Balaban J connectivity index is 1.88. The summed E-state index contributed by atoms with van der Waals surface area (Å²) < 4.78 is 80.8. The van der Waals surface area contributed by atoms with Crippen LogP contribution in [0.1, 0.15) is 32.6 Å². The minimum Gasteiger partial charge on any atom is -0.279 e. The van der Waals surface area contributed by atoms with Crippen molar-refractivity contribution in [2.75, 3.05) is 4.90 Å². The molecule has 11 heteroatoms. The number of halogens is 7. The third-order valence-electron chi connectivity index (χ3n) is 5.18. The van der Waals surface area contributed by atoms with E-state index >= 15 is 0 Å². The van der Waals surface area contributed by atoms with Gasteiger partial charge in [0.15, 0.2) is 5.13 Å². The molecule has 0 atom stereocenters. The predicted molar refractivity (Wildman–Crippen MR) is 123 cm³/mol. The van der Waals surface area contributed by atoms with E-state index in [1.807, 2.05) is 0 Å². The first kappa shape index (κ1) is 25.0. The molecule has 3 aromatic carbocycles. The Morgan fingerprint density at radius 2 is 1.54 bits per heavy atom. The van der Waals surface area contributed by atoms with Crippen molar-refractivity contribution in [2.24, 2.45) is 0 Å². The normalized spacial score (nSPS) is 12.2. The lowest BCUT2D eigenvalue weighted by atomic mass is 10.0. The Bertz CT molecular complexity index is 1330. The van der Waals surface area contributed by atoms with E-state index in [1.54, 1.807) is 49.4 Å². The number of alkyl halides is 6. The fourth-order valence-corrected chi connectivity index (χ4v) is 4.75. The predicted octanol–water partition coefficient (Wildman–Crippen LogP) is 8.14. The number of aromatic nitrogens is 1. The minimum atomic E-state index is -5.08. The van der Waals surface area contributed by atoms with Crippen molar-refractivity contribution in [1.82, 2.24) is 4.98 Å². The number of hydrogen-bond acceptors (Lipinski definition) is 3. The maximum Gasteiger partial charge on any atom is 0.416 e. The van der Waals surface area contributed by atoms with Gasteiger partial charge in [-0.05, 0) is 42.3 Å². The average molecular weight is 529 g/mol. The smallest absolute Gasteiger partial charge is 0.279 e. The lowest BCUT2D eigenvalue weighted by Crippen LogP contribution is -2.31. The van der Waals surface area contributed by atoms with Gasteiger partial charge in [0.05, 0.1) is 32.9 Å². The van der Waals surface area contributed by atoms with Crippen molar-refractivity contribution in [2.45, 2.75) is 25.8 Å². The molecule has 0 bridgehead atoms. The monoisotopic (exact) mass is 528 g/mol. The molecule has 0 fully saturated rings. The number of nitrogens with zero attached hydrogens (tertiary/aromatic N) is 2. The quantitative estimate of drug-likeness (QED) is 0.250. The van der Waals surface area contributed by atoms with Crippen molar-refractivity contribution in [3.05, 3.63) is 93.5 Å². The molecule has 0 unspecified atom stereocenters. The fourth-order valence-electron chi connectivity index (χ4n) is 3.43. The molecule has 0 aliphatic heterocycles. The van der Waals surface area contributed by atoms with Crippen LogP contribution in [0.5, 0.6) is 0 Å². The Morgan fingerprint density at radius 3 is 2.09 bits per heavy atom. The highest BCUT2D eigenvalue weighted by Crippen LogP contribution is 2.39. The summed E-state index contributed by atoms with van der Waals surface area (Å²) in [5.74, 6) is -1.06. The molecule has 0 N–H and O–H groups in total. The number of benzene rings is 3. The molecular weight excluding hydrogens is 514 g/mol. The van der Waals surface area contributed by atoms with Gasteiger partial charge in [-0.2, -0.15) is 26.3 Å². The molecule has 0 aliphatic carbocycles. The molecule has 182 valence electrons. The number of carbonyl (C=O) groups is 1. The van der Waals surface area contributed by atoms with Gasteiger partial charge in [0.1, 0.15) is 0 Å².